The van der Waals surface area contributed by atoms with E-state index in [9.17, 15) is 9.90 Å². The summed E-state index contributed by atoms with van der Waals surface area (Å²) in [5.74, 6) is -1.19. The topological polar surface area (TPSA) is 67.6 Å². The van der Waals surface area contributed by atoms with Gasteiger partial charge in [-0.3, -0.25) is 14.4 Å². The second-order valence-corrected chi connectivity index (χ2v) is 8.19. The first-order chi connectivity index (χ1) is 13.1. The minimum absolute atomic E-state index is 0.167. The third kappa shape index (κ3) is 2.87. The van der Waals surface area contributed by atoms with E-state index in [1.54, 1.807) is 10.9 Å². The van der Waals surface area contributed by atoms with Gasteiger partial charge in [-0.25, -0.2) is 0 Å². The van der Waals surface area contributed by atoms with Gasteiger partial charge >= 0.3 is 5.97 Å². The molecule has 0 radical (unpaired) electrons. The van der Waals surface area contributed by atoms with Crippen molar-refractivity contribution in [2.24, 2.45) is 5.92 Å². The average Bonchev–Trinajstić information content (AvgIpc) is 3.35. The summed E-state index contributed by atoms with van der Waals surface area (Å²) in [7, 11) is 0. The molecule has 1 spiro atoms. The molecule has 3 aliphatic heterocycles. The van der Waals surface area contributed by atoms with Gasteiger partial charge in [-0.05, 0) is 42.9 Å². The number of hydrogen-bond donors (Lipinski definition) is 1. The molecule has 1 aromatic heterocycles. The van der Waals surface area contributed by atoms with Crippen molar-refractivity contribution in [1.82, 2.24) is 14.7 Å². The van der Waals surface area contributed by atoms with E-state index in [2.05, 4.69) is 34.3 Å². The Hall–Kier alpha value is -2.18. The predicted octanol–water partition coefficient (Wildman–Crippen LogP) is 2.64. The highest BCUT2D eigenvalue weighted by Crippen LogP contribution is 2.51. The Balaban J connectivity index is 1.34. The SMILES string of the molecule is O=C(O)C(CN1C2CCC1CC1(C2)OCc2ccccc21)Cn1cccn1. The molecular weight excluding hydrogens is 342 g/mol. The van der Waals surface area contributed by atoms with Crippen LogP contribution in [0.25, 0.3) is 0 Å². The fraction of sp³-hybridized carbons (Fsp3) is 0.524. The first-order valence-electron chi connectivity index (χ1n) is 9.83. The number of aliphatic carboxylic acids is 1. The zero-order chi connectivity index (χ0) is 18.4. The van der Waals surface area contributed by atoms with Crippen molar-refractivity contribution in [1.29, 1.82) is 0 Å². The number of carboxylic acid groups (broad SMARTS) is 1. The van der Waals surface area contributed by atoms with Crippen LogP contribution in [0.1, 0.15) is 36.8 Å². The molecule has 2 bridgehead atoms. The molecule has 6 heteroatoms. The summed E-state index contributed by atoms with van der Waals surface area (Å²) < 4.78 is 8.09. The molecule has 1 aromatic carbocycles. The van der Waals surface area contributed by atoms with Gasteiger partial charge in [-0.2, -0.15) is 5.10 Å². The number of benzene rings is 1. The van der Waals surface area contributed by atoms with Crippen molar-refractivity contribution >= 4 is 5.97 Å². The molecule has 142 valence electrons. The Kier molecular flexibility index (Phi) is 4.06. The van der Waals surface area contributed by atoms with E-state index in [1.165, 1.54) is 11.1 Å². The molecule has 4 heterocycles. The number of hydrogen-bond acceptors (Lipinski definition) is 4. The highest BCUT2D eigenvalue weighted by Gasteiger charge is 2.52. The molecule has 2 saturated heterocycles. The summed E-state index contributed by atoms with van der Waals surface area (Å²) in [5, 5.41) is 13.9. The molecule has 6 nitrogen and oxygen atoms in total. The zero-order valence-corrected chi connectivity index (χ0v) is 15.3. The molecule has 0 amide bonds. The number of rotatable bonds is 5. The van der Waals surface area contributed by atoms with Gasteiger partial charge < -0.3 is 9.84 Å². The lowest BCUT2D eigenvalue weighted by molar-refractivity contribution is -0.145. The smallest absolute Gasteiger partial charge is 0.309 e. The van der Waals surface area contributed by atoms with Crippen molar-refractivity contribution < 1.29 is 14.6 Å². The Morgan fingerprint density at radius 3 is 2.70 bits per heavy atom. The van der Waals surface area contributed by atoms with E-state index in [4.69, 9.17) is 4.74 Å². The zero-order valence-electron chi connectivity index (χ0n) is 15.3. The number of ether oxygens (including phenoxy) is 1. The van der Waals surface area contributed by atoms with Crippen LogP contribution < -0.4 is 0 Å². The maximum Gasteiger partial charge on any atom is 0.309 e. The van der Waals surface area contributed by atoms with E-state index in [-0.39, 0.29) is 5.60 Å². The highest BCUT2D eigenvalue weighted by atomic mass is 16.5. The summed E-state index contributed by atoms with van der Waals surface area (Å²) in [5.41, 5.74) is 2.50. The van der Waals surface area contributed by atoms with Gasteiger partial charge in [0.15, 0.2) is 0 Å². The largest absolute Gasteiger partial charge is 0.481 e. The molecule has 2 fully saturated rings. The number of aromatic nitrogens is 2. The first kappa shape index (κ1) is 17.0. The summed E-state index contributed by atoms with van der Waals surface area (Å²) in [4.78, 5) is 14.3. The molecule has 0 saturated carbocycles. The molecule has 3 unspecified atom stereocenters. The van der Waals surface area contributed by atoms with Gasteiger partial charge in [-0.15, -0.1) is 0 Å². The van der Waals surface area contributed by atoms with Crippen molar-refractivity contribution in [3.05, 3.63) is 53.9 Å². The van der Waals surface area contributed by atoms with Crippen LogP contribution in [0.4, 0.5) is 0 Å². The summed E-state index contributed by atoms with van der Waals surface area (Å²) in [6.07, 6.45) is 7.72. The Bertz CT molecular complexity index is 821. The third-order valence-electron chi connectivity index (χ3n) is 6.66. The van der Waals surface area contributed by atoms with Crippen LogP contribution in [0.15, 0.2) is 42.7 Å². The molecule has 5 rings (SSSR count). The van der Waals surface area contributed by atoms with Crippen LogP contribution in [-0.4, -0.2) is 44.4 Å². The molecule has 0 aliphatic carbocycles. The lowest BCUT2D eigenvalue weighted by atomic mass is 9.80. The van der Waals surface area contributed by atoms with Gasteiger partial charge in [0.1, 0.15) is 0 Å². The van der Waals surface area contributed by atoms with E-state index < -0.39 is 11.9 Å². The standard InChI is InChI=1S/C21H25N3O3/c25-20(26)16(12-23-9-3-8-22-23)13-24-17-6-7-18(24)11-21(10-17)19-5-2-1-4-15(19)14-27-21/h1-5,8-9,16-18H,6-7,10-14H2,(H,25,26). The fourth-order valence-corrected chi connectivity index (χ4v) is 5.42. The molecular formula is C21H25N3O3. The molecule has 1 N–H and O–H groups in total. The molecule has 3 aliphatic rings. The third-order valence-corrected chi connectivity index (χ3v) is 6.66. The van der Waals surface area contributed by atoms with Gasteiger partial charge in [0, 0.05) is 31.0 Å². The predicted molar refractivity (Wildman–Crippen MR) is 99.0 cm³/mol. The van der Waals surface area contributed by atoms with Gasteiger partial charge in [0.05, 0.1) is 24.7 Å². The highest BCUT2D eigenvalue weighted by molar-refractivity contribution is 5.70. The van der Waals surface area contributed by atoms with Crippen LogP contribution in [-0.2, 0) is 28.3 Å². The molecule has 3 atom stereocenters. The van der Waals surface area contributed by atoms with Gasteiger partial charge in [0.2, 0.25) is 0 Å². The second-order valence-electron chi connectivity index (χ2n) is 8.19. The summed E-state index contributed by atoms with van der Waals surface area (Å²) in [6, 6.07) is 11.2. The van der Waals surface area contributed by atoms with E-state index in [1.807, 2.05) is 12.3 Å². The van der Waals surface area contributed by atoms with E-state index >= 15 is 0 Å². The summed E-state index contributed by atoms with van der Waals surface area (Å²) in [6.45, 7) is 1.71. The number of piperidine rings is 1. The number of nitrogens with zero attached hydrogens (tertiary/aromatic N) is 3. The first-order valence-corrected chi connectivity index (χ1v) is 9.83. The van der Waals surface area contributed by atoms with Crippen molar-refractivity contribution in [3.63, 3.8) is 0 Å². The van der Waals surface area contributed by atoms with Gasteiger partial charge in [-0.1, -0.05) is 24.3 Å². The van der Waals surface area contributed by atoms with Crippen LogP contribution in [0, 0.1) is 5.92 Å². The van der Waals surface area contributed by atoms with Crippen molar-refractivity contribution in [3.8, 4) is 0 Å². The van der Waals surface area contributed by atoms with E-state index in [0.29, 0.717) is 31.8 Å². The lowest BCUT2D eigenvalue weighted by Gasteiger charge is -2.45. The van der Waals surface area contributed by atoms with Crippen molar-refractivity contribution in [2.75, 3.05) is 6.54 Å². The Morgan fingerprint density at radius 2 is 2.00 bits per heavy atom. The number of carboxylic acids is 1. The Morgan fingerprint density at radius 1 is 1.22 bits per heavy atom. The maximum atomic E-state index is 11.9. The quantitative estimate of drug-likeness (QED) is 0.880. The molecule has 2 aromatic rings. The minimum atomic E-state index is -0.743. The van der Waals surface area contributed by atoms with Crippen molar-refractivity contribution in [2.45, 2.75) is 56.5 Å². The number of carbonyl (C=O) groups is 1. The van der Waals surface area contributed by atoms with E-state index in [0.717, 1.165) is 25.7 Å². The van der Waals surface area contributed by atoms with Crippen LogP contribution >= 0.6 is 0 Å². The Labute approximate surface area is 158 Å². The minimum Gasteiger partial charge on any atom is -0.481 e. The normalized spacial score (nSPS) is 30.5. The second kappa shape index (κ2) is 6.46. The fourth-order valence-electron chi connectivity index (χ4n) is 5.42. The van der Waals surface area contributed by atoms with Crippen LogP contribution in [0.2, 0.25) is 0 Å². The lowest BCUT2D eigenvalue weighted by Crippen LogP contribution is -2.52. The monoisotopic (exact) mass is 367 g/mol. The summed E-state index contributed by atoms with van der Waals surface area (Å²) >= 11 is 0. The number of fused-ring (bicyclic) bond motifs is 4. The van der Waals surface area contributed by atoms with Crippen LogP contribution in [0.5, 0.6) is 0 Å². The average molecular weight is 367 g/mol. The molecule has 27 heavy (non-hydrogen) atoms. The van der Waals surface area contributed by atoms with Crippen LogP contribution in [0.3, 0.4) is 0 Å². The maximum absolute atomic E-state index is 11.9. The van der Waals surface area contributed by atoms with Gasteiger partial charge in [0.25, 0.3) is 0 Å².